The molecule has 5 rings (SSSR count). The first-order valence-corrected chi connectivity index (χ1v) is 12.0. The first kappa shape index (κ1) is 18.1. The number of para-hydroxylation sites is 2. The van der Waals surface area contributed by atoms with E-state index in [0.29, 0.717) is 6.42 Å². The molecule has 1 atom stereocenters. The minimum Gasteiger partial charge on any atom is -0.333 e. The van der Waals surface area contributed by atoms with Crippen molar-refractivity contribution >= 4 is 60.8 Å². The van der Waals surface area contributed by atoms with Crippen molar-refractivity contribution in [3.63, 3.8) is 0 Å². The van der Waals surface area contributed by atoms with Gasteiger partial charge in [-0.15, -0.1) is 22.7 Å². The highest BCUT2D eigenvalue weighted by Gasteiger charge is 2.31. The molecule has 0 N–H and O–H groups in total. The summed E-state index contributed by atoms with van der Waals surface area (Å²) in [7, 11) is 0. The van der Waals surface area contributed by atoms with Crippen molar-refractivity contribution in [2.75, 3.05) is 12.3 Å². The molecule has 0 unspecified atom stereocenters. The maximum absolute atomic E-state index is 12.9. The third kappa shape index (κ3) is 3.54. The van der Waals surface area contributed by atoms with Gasteiger partial charge in [0.15, 0.2) is 4.34 Å². The Morgan fingerprint density at radius 1 is 1.04 bits per heavy atom. The highest BCUT2D eigenvalue weighted by molar-refractivity contribution is 8.01. The average Bonchev–Trinajstić information content (AvgIpc) is 3.43. The van der Waals surface area contributed by atoms with E-state index >= 15 is 0 Å². The van der Waals surface area contributed by atoms with Gasteiger partial charge >= 0.3 is 0 Å². The van der Waals surface area contributed by atoms with Crippen molar-refractivity contribution in [1.82, 2.24) is 14.9 Å². The van der Waals surface area contributed by atoms with Crippen LogP contribution in [0.2, 0.25) is 0 Å². The van der Waals surface area contributed by atoms with Crippen LogP contribution < -0.4 is 0 Å². The standard InChI is InChI=1S/C21H19N3OS3/c25-19(11-13-26-21-23-15-7-2-4-10-18(15)28-21)24-12-5-8-16(24)20-22-14-6-1-3-9-17(14)27-20/h1-4,6-7,9-10,16H,5,8,11-13H2/t16-/m0/s1. The number of thioether (sulfide) groups is 1. The summed E-state index contributed by atoms with van der Waals surface area (Å²) in [5.74, 6) is 0.997. The molecule has 1 aliphatic rings. The first-order chi connectivity index (χ1) is 13.8. The van der Waals surface area contributed by atoms with Gasteiger partial charge in [0.1, 0.15) is 5.01 Å². The average molecular weight is 426 g/mol. The maximum atomic E-state index is 12.9. The topological polar surface area (TPSA) is 46.1 Å². The van der Waals surface area contributed by atoms with Crippen LogP contribution in [-0.2, 0) is 4.79 Å². The second kappa shape index (κ2) is 7.81. The number of nitrogens with zero attached hydrogens (tertiary/aromatic N) is 3. The zero-order chi connectivity index (χ0) is 18.9. The number of carbonyl (C=O) groups is 1. The number of hydrogen-bond donors (Lipinski definition) is 0. The molecule has 0 radical (unpaired) electrons. The summed E-state index contributed by atoms with van der Waals surface area (Å²) in [6.45, 7) is 0.839. The molecule has 7 heteroatoms. The van der Waals surface area contributed by atoms with Gasteiger partial charge in [-0.1, -0.05) is 36.0 Å². The van der Waals surface area contributed by atoms with Crippen molar-refractivity contribution in [2.24, 2.45) is 0 Å². The molecule has 1 fully saturated rings. The Bertz CT molecular complexity index is 1070. The van der Waals surface area contributed by atoms with E-state index < -0.39 is 0 Å². The highest BCUT2D eigenvalue weighted by Crippen LogP contribution is 2.37. The predicted molar refractivity (Wildman–Crippen MR) is 118 cm³/mol. The number of thiazole rings is 2. The highest BCUT2D eigenvalue weighted by atomic mass is 32.2. The molecular formula is C21H19N3OS3. The molecule has 2 aromatic heterocycles. The monoisotopic (exact) mass is 425 g/mol. The molecule has 0 saturated carbocycles. The third-order valence-corrected chi connectivity index (χ3v) is 8.30. The second-order valence-corrected chi connectivity index (χ2v) is 10.2. The molecule has 1 amide bonds. The van der Waals surface area contributed by atoms with E-state index in [-0.39, 0.29) is 11.9 Å². The Morgan fingerprint density at radius 2 is 1.75 bits per heavy atom. The lowest BCUT2D eigenvalue weighted by molar-refractivity contribution is -0.131. The van der Waals surface area contributed by atoms with Gasteiger partial charge in [0.05, 0.1) is 26.5 Å². The Morgan fingerprint density at radius 3 is 2.50 bits per heavy atom. The van der Waals surface area contributed by atoms with Crippen molar-refractivity contribution in [3.05, 3.63) is 53.5 Å². The zero-order valence-corrected chi connectivity index (χ0v) is 17.7. The SMILES string of the molecule is O=C(CCSc1nc2ccccc2s1)N1CCC[C@H]1c1nc2ccccc2s1. The van der Waals surface area contributed by atoms with Gasteiger partial charge < -0.3 is 4.90 Å². The number of carbonyl (C=O) groups excluding carboxylic acids is 1. The number of amides is 1. The fourth-order valence-corrected chi connectivity index (χ4v) is 6.82. The van der Waals surface area contributed by atoms with Crippen molar-refractivity contribution in [1.29, 1.82) is 0 Å². The Kier molecular flexibility index (Phi) is 5.05. The van der Waals surface area contributed by atoms with E-state index in [1.807, 2.05) is 41.3 Å². The number of benzene rings is 2. The summed E-state index contributed by atoms with van der Waals surface area (Å²) < 4.78 is 3.44. The number of rotatable bonds is 5. The zero-order valence-electron chi connectivity index (χ0n) is 15.2. The fourth-order valence-electron chi connectivity index (χ4n) is 3.64. The second-order valence-electron chi connectivity index (χ2n) is 6.81. The van der Waals surface area contributed by atoms with Gasteiger partial charge in [-0.3, -0.25) is 4.79 Å². The van der Waals surface area contributed by atoms with Gasteiger partial charge in [-0.05, 0) is 37.1 Å². The summed E-state index contributed by atoms with van der Waals surface area (Å²) in [6, 6.07) is 16.5. The number of aromatic nitrogens is 2. The van der Waals surface area contributed by atoms with Crippen LogP contribution in [0.25, 0.3) is 20.4 Å². The Balaban J connectivity index is 1.24. The van der Waals surface area contributed by atoms with Gasteiger partial charge in [0, 0.05) is 18.7 Å². The molecule has 3 heterocycles. The molecule has 1 aliphatic heterocycles. The molecule has 142 valence electrons. The number of likely N-dealkylation sites (tertiary alicyclic amines) is 1. The van der Waals surface area contributed by atoms with Gasteiger partial charge in [-0.25, -0.2) is 9.97 Å². The van der Waals surface area contributed by atoms with Crippen LogP contribution in [0.4, 0.5) is 0 Å². The van der Waals surface area contributed by atoms with E-state index in [0.717, 1.165) is 45.5 Å². The van der Waals surface area contributed by atoms with Crippen LogP contribution in [0, 0.1) is 0 Å². The molecule has 0 aliphatic carbocycles. The van der Waals surface area contributed by atoms with Crippen LogP contribution in [0.1, 0.15) is 30.3 Å². The molecule has 0 bridgehead atoms. The molecule has 4 aromatic rings. The number of fused-ring (bicyclic) bond motifs is 2. The summed E-state index contributed by atoms with van der Waals surface area (Å²) in [5, 5.41) is 1.07. The molecule has 2 aromatic carbocycles. The smallest absolute Gasteiger partial charge is 0.224 e. The number of hydrogen-bond acceptors (Lipinski definition) is 6. The lowest BCUT2D eigenvalue weighted by Gasteiger charge is -2.23. The minimum absolute atomic E-state index is 0.136. The summed E-state index contributed by atoms with van der Waals surface area (Å²) in [4.78, 5) is 24.4. The van der Waals surface area contributed by atoms with E-state index in [1.165, 1.54) is 9.40 Å². The molecular weight excluding hydrogens is 406 g/mol. The van der Waals surface area contributed by atoms with Crippen LogP contribution >= 0.6 is 34.4 Å². The molecule has 1 saturated heterocycles. The quantitative estimate of drug-likeness (QED) is 0.382. The molecule has 28 heavy (non-hydrogen) atoms. The van der Waals surface area contributed by atoms with Crippen molar-refractivity contribution < 1.29 is 4.79 Å². The predicted octanol–water partition coefficient (Wildman–Crippen LogP) is 5.75. The van der Waals surface area contributed by atoms with Crippen LogP contribution in [0.15, 0.2) is 52.9 Å². The van der Waals surface area contributed by atoms with E-state index in [1.54, 1.807) is 34.4 Å². The summed E-state index contributed by atoms with van der Waals surface area (Å²) in [5.41, 5.74) is 2.07. The fraction of sp³-hybridized carbons (Fsp3) is 0.286. The van der Waals surface area contributed by atoms with Crippen LogP contribution in [0.3, 0.4) is 0 Å². The Hall–Kier alpha value is -1.96. The van der Waals surface area contributed by atoms with Crippen molar-refractivity contribution in [2.45, 2.75) is 29.6 Å². The lowest BCUT2D eigenvalue weighted by atomic mass is 10.2. The van der Waals surface area contributed by atoms with Crippen LogP contribution in [0.5, 0.6) is 0 Å². The van der Waals surface area contributed by atoms with Crippen LogP contribution in [-0.4, -0.2) is 33.1 Å². The molecule has 0 spiro atoms. The molecule has 4 nitrogen and oxygen atoms in total. The van der Waals surface area contributed by atoms with Gasteiger partial charge in [0.25, 0.3) is 0 Å². The largest absolute Gasteiger partial charge is 0.333 e. The maximum Gasteiger partial charge on any atom is 0.224 e. The van der Waals surface area contributed by atoms with E-state index in [2.05, 4.69) is 17.1 Å². The van der Waals surface area contributed by atoms with Gasteiger partial charge in [-0.2, -0.15) is 0 Å². The van der Waals surface area contributed by atoms with Crippen molar-refractivity contribution in [3.8, 4) is 0 Å². The lowest BCUT2D eigenvalue weighted by Crippen LogP contribution is -2.30. The Labute approximate surface area is 175 Å². The summed E-state index contributed by atoms with van der Waals surface area (Å²) in [6.07, 6.45) is 2.61. The normalized spacial score (nSPS) is 17.0. The first-order valence-electron chi connectivity index (χ1n) is 9.41. The third-order valence-electron chi connectivity index (χ3n) is 4.98. The summed E-state index contributed by atoms with van der Waals surface area (Å²) >= 11 is 5.10. The van der Waals surface area contributed by atoms with E-state index in [9.17, 15) is 4.79 Å². The van der Waals surface area contributed by atoms with Gasteiger partial charge in [0.2, 0.25) is 5.91 Å². The van der Waals surface area contributed by atoms with E-state index in [4.69, 9.17) is 4.98 Å². The minimum atomic E-state index is 0.136.